The highest BCUT2D eigenvalue weighted by Gasteiger charge is 2.29. The number of aliphatic hydroxyl groups excluding tert-OH is 1. The number of methoxy groups -OCH3 is 3. The highest BCUT2D eigenvalue weighted by Crippen LogP contribution is 2.41. The minimum atomic E-state index is -0.549. The van der Waals surface area contributed by atoms with E-state index in [2.05, 4.69) is 24.1 Å². The molecule has 1 heterocycles. The molecule has 0 spiro atoms. The fraction of sp³-hybridized carbons (Fsp3) is 0.429. The van der Waals surface area contributed by atoms with Gasteiger partial charge in [0.1, 0.15) is 5.75 Å². The van der Waals surface area contributed by atoms with Crippen molar-refractivity contribution in [2.24, 2.45) is 0 Å². The van der Waals surface area contributed by atoms with E-state index in [4.69, 9.17) is 14.2 Å². The minimum Gasteiger partial charge on any atom is -0.497 e. The van der Waals surface area contributed by atoms with E-state index in [-0.39, 0.29) is 6.04 Å². The Morgan fingerprint density at radius 3 is 2.31 bits per heavy atom. The van der Waals surface area contributed by atoms with Crippen LogP contribution < -0.4 is 14.2 Å². The second-order valence-electron chi connectivity index (χ2n) is 6.68. The van der Waals surface area contributed by atoms with Gasteiger partial charge in [-0.3, -0.25) is 4.90 Å². The van der Waals surface area contributed by atoms with Crippen LogP contribution in [0.1, 0.15) is 35.3 Å². The number of rotatable bonds is 6. The monoisotopic (exact) mass is 357 g/mol. The molecule has 0 bridgehead atoms. The van der Waals surface area contributed by atoms with Crippen LogP contribution in [0.2, 0.25) is 0 Å². The summed E-state index contributed by atoms with van der Waals surface area (Å²) in [6, 6.07) is 11.8. The zero-order valence-electron chi connectivity index (χ0n) is 15.9. The quantitative estimate of drug-likeness (QED) is 0.859. The Balaban J connectivity index is 1.87. The first-order valence-corrected chi connectivity index (χ1v) is 8.84. The second-order valence-corrected chi connectivity index (χ2v) is 6.68. The first kappa shape index (κ1) is 18.5. The van der Waals surface area contributed by atoms with Gasteiger partial charge in [-0.1, -0.05) is 12.1 Å². The molecule has 26 heavy (non-hydrogen) atoms. The largest absolute Gasteiger partial charge is 0.497 e. The average Bonchev–Trinajstić information content (AvgIpc) is 2.69. The summed E-state index contributed by atoms with van der Waals surface area (Å²) in [6.07, 6.45) is 1.03. The Labute approximate surface area is 155 Å². The maximum Gasteiger partial charge on any atom is 0.161 e. The van der Waals surface area contributed by atoms with E-state index in [1.165, 1.54) is 11.1 Å². The topological polar surface area (TPSA) is 51.2 Å². The van der Waals surface area contributed by atoms with Crippen molar-refractivity contribution in [2.75, 3.05) is 34.9 Å². The number of aliphatic hydroxyl groups is 1. The molecule has 2 atom stereocenters. The number of benzene rings is 2. The number of ether oxygens (including phenoxy) is 3. The van der Waals surface area contributed by atoms with E-state index in [0.29, 0.717) is 6.42 Å². The molecule has 3 rings (SSSR count). The molecule has 2 aromatic carbocycles. The molecule has 0 radical (unpaired) electrons. The zero-order valence-corrected chi connectivity index (χ0v) is 15.9. The number of likely N-dealkylation sites (N-methyl/N-ethyl adjacent to an activating group) is 1. The van der Waals surface area contributed by atoms with Crippen LogP contribution in [0.4, 0.5) is 0 Å². The number of nitrogens with zero attached hydrogens (tertiary/aromatic N) is 1. The van der Waals surface area contributed by atoms with Crippen molar-refractivity contribution in [2.45, 2.75) is 25.0 Å². The molecule has 0 unspecified atom stereocenters. The summed E-state index contributed by atoms with van der Waals surface area (Å²) in [4.78, 5) is 2.29. The van der Waals surface area contributed by atoms with E-state index in [1.807, 2.05) is 24.3 Å². The smallest absolute Gasteiger partial charge is 0.161 e. The predicted molar refractivity (Wildman–Crippen MR) is 101 cm³/mol. The lowest BCUT2D eigenvalue weighted by molar-refractivity contribution is 0.109. The maximum atomic E-state index is 10.8. The standard InChI is InChI=1S/C21H27NO4/c1-22-10-9-15-11-20(25-3)21(26-4)12-17(15)18(22)13-19(23)14-5-7-16(24-2)8-6-14/h5-8,11-12,18-19,23H,9-10,13H2,1-4H3/t18-,19+/m1/s1. The number of hydrogen-bond donors (Lipinski definition) is 1. The van der Waals surface area contributed by atoms with Gasteiger partial charge in [0.25, 0.3) is 0 Å². The highest BCUT2D eigenvalue weighted by molar-refractivity contribution is 5.49. The summed E-state index contributed by atoms with van der Waals surface area (Å²) in [7, 11) is 7.05. The van der Waals surface area contributed by atoms with Gasteiger partial charge in [0.05, 0.1) is 27.4 Å². The van der Waals surface area contributed by atoms with E-state index in [9.17, 15) is 5.11 Å². The first-order chi connectivity index (χ1) is 12.6. The van der Waals surface area contributed by atoms with E-state index < -0.39 is 6.10 Å². The summed E-state index contributed by atoms with van der Waals surface area (Å²) < 4.78 is 16.1. The van der Waals surface area contributed by atoms with Crippen LogP contribution in [0, 0.1) is 0 Å². The lowest BCUT2D eigenvalue weighted by Gasteiger charge is -2.36. The van der Waals surface area contributed by atoms with Crippen molar-refractivity contribution in [1.82, 2.24) is 4.90 Å². The van der Waals surface area contributed by atoms with Crippen LogP contribution in [0.3, 0.4) is 0 Å². The molecule has 0 fully saturated rings. The summed E-state index contributed by atoms with van der Waals surface area (Å²) in [6.45, 7) is 0.947. The Morgan fingerprint density at radius 2 is 1.69 bits per heavy atom. The molecular weight excluding hydrogens is 330 g/mol. The van der Waals surface area contributed by atoms with Crippen LogP contribution in [-0.4, -0.2) is 44.9 Å². The van der Waals surface area contributed by atoms with Gasteiger partial charge in [-0.25, -0.2) is 0 Å². The number of fused-ring (bicyclic) bond motifs is 1. The molecule has 1 aliphatic rings. The highest BCUT2D eigenvalue weighted by atomic mass is 16.5. The molecule has 0 aliphatic carbocycles. The van der Waals surface area contributed by atoms with Gasteiger partial charge in [-0.15, -0.1) is 0 Å². The van der Waals surface area contributed by atoms with E-state index in [1.54, 1.807) is 21.3 Å². The van der Waals surface area contributed by atoms with Crippen molar-refractivity contribution in [3.05, 3.63) is 53.1 Å². The maximum absolute atomic E-state index is 10.8. The van der Waals surface area contributed by atoms with Crippen molar-refractivity contribution >= 4 is 0 Å². The van der Waals surface area contributed by atoms with Crippen LogP contribution in [0.5, 0.6) is 17.2 Å². The second kappa shape index (κ2) is 7.98. The third-order valence-corrected chi connectivity index (χ3v) is 5.22. The zero-order chi connectivity index (χ0) is 18.7. The van der Waals surface area contributed by atoms with Gasteiger partial charge < -0.3 is 19.3 Å². The fourth-order valence-corrected chi connectivity index (χ4v) is 3.63. The Bertz CT molecular complexity index is 744. The van der Waals surface area contributed by atoms with Crippen LogP contribution in [-0.2, 0) is 6.42 Å². The third kappa shape index (κ3) is 3.64. The molecule has 0 amide bonds. The summed E-state index contributed by atoms with van der Waals surface area (Å²) >= 11 is 0. The van der Waals surface area contributed by atoms with Crippen LogP contribution in [0.15, 0.2) is 36.4 Å². The predicted octanol–water partition coefficient (Wildman–Crippen LogP) is 3.37. The van der Waals surface area contributed by atoms with Crippen molar-refractivity contribution in [1.29, 1.82) is 0 Å². The van der Waals surface area contributed by atoms with Gasteiger partial charge in [0.15, 0.2) is 11.5 Å². The van der Waals surface area contributed by atoms with Gasteiger partial charge in [0, 0.05) is 12.6 Å². The average molecular weight is 357 g/mol. The minimum absolute atomic E-state index is 0.121. The fourth-order valence-electron chi connectivity index (χ4n) is 3.63. The van der Waals surface area contributed by atoms with Crippen LogP contribution in [0.25, 0.3) is 0 Å². The SMILES string of the molecule is COc1ccc([C@@H](O)C[C@@H]2c3cc(OC)c(OC)cc3CCN2C)cc1. The lowest BCUT2D eigenvalue weighted by Crippen LogP contribution is -2.33. The third-order valence-electron chi connectivity index (χ3n) is 5.22. The van der Waals surface area contributed by atoms with Gasteiger partial charge in [-0.05, 0) is 60.8 Å². The molecule has 0 saturated heterocycles. The van der Waals surface area contributed by atoms with Crippen molar-refractivity contribution in [3.63, 3.8) is 0 Å². The molecule has 0 aromatic heterocycles. The van der Waals surface area contributed by atoms with Gasteiger partial charge in [0.2, 0.25) is 0 Å². The molecule has 1 N–H and O–H groups in total. The normalized spacial score (nSPS) is 18.1. The molecule has 140 valence electrons. The molecule has 0 saturated carbocycles. The lowest BCUT2D eigenvalue weighted by atomic mass is 9.88. The molecular formula is C21H27NO4. The van der Waals surface area contributed by atoms with Gasteiger partial charge >= 0.3 is 0 Å². The van der Waals surface area contributed by atoms with Gasteiger partial charge in [-0.2, -0.15) is 0 Å². The summed E-state index contributed by atoms with van der Waals surface area (Å²) in [5.41, 5.74) is 3.35. The molecule has 5 nitrogen and oxygen atoms in total. The summed E-state index contributed by atoms with van der Waals surface area (Å²) in [5.74, 6) is 2.27. The Hall–Kier alpha value is -2.24. The Kier molecular flexibility index (Phi) is 5.69. The van der Waals surface area contributed by atoms with Crippen LogP contribution >= 0.6 is 0 Å². The summed E-state index contributed by atoms with van der Waals surface area (Å²) in [5, 5.41) is 10.8. The first-order valence-electron chi connectivity index (χ1n) is 8.84. The van der Waals surface area contributed by atoms with Crippen molar-refractivity contribution < 1.29 is 19.3 Å². The van der Waals surface area contributed by atoms with E-state index in [0.717, 1.165) is 35.8 Å². The molecule has 2 aromatic rings. The number of hydrogen-bond acceptors (Lipinski definition) is 5. The van der Waals surface area contributed by atoms with Crippen molar-refractivity contribution in [3.8, 4) is 17.2 Å². The molecule has 1 aliphatic heterocycles. The van der Waals surface area contributed by atoms with E-state index >= 15 is 0 Å². The Morgan fingerprint density at radius 1 is 1.04 bits per heavy atom. The molecule has 5 heteroatoms.